The molecular formula is C14H19N3O2S. The van der Waals surface area contributed by atoms with E-state index in [1.807, 2.05) is 30.5 Å². The lowest BCUT2D eigenvalue weighted by Crippen LogP contribution is -2.30. The Hall–Kier alpha value is -1.63. The Morgan fingerprint density at radius 1 is 1.30 bits per heavy atom. The highest BCUT2D eigenvalue weighted by Crippen LogP contribution is 2.35. The van der Waals surface area contributed by atoms with Gasteiger partial charge in [0.1, 0.15) is 11.5 Å². The van der Waals surface area contributed by atoms with Crippen molar-refractivity contribution in [2.75, 3.05) is 14.2 Å². The molecule has 0 bridgehead atoms. The SMILES string of the molecule is COc1cccc(OC)c1C(Cc1nc(C)cs1)NN. The Bertz CT molecular complexity index is 549. The zero-order chi connectivity index (χ0) is 14.5. The van der Waals surface area contributed by atoms with Crippen molar-refractivity contribution in [2.45, 2.75) is 19.4 Å². The third-order valence-electron chi connectivity index (χ3n) is 3.06. The lowest BCUT2D eigenvalue weighted by atomic mass is 10.0. The molecule has 1 aromatic carbocycles. The standard InChI is InChI=1S/C14H19N3O2S/c1-9-8-20-13(16-9)7-10(17-15)14-11(18-2)5-4-6-12(14)19-3/h4-6,8,10,17H,7,15H2,1-3H3. The zero-order valence-corrected chi connectivity index (χ0v) is 12.7. The molecule has 1 heterocycles. The van der Waals surface area contributed by atoms with Crippen molar-refractivity contribution in [2.24, 2.45) is 5.84 Å². The van der Waals surface area contributed by atoms with E-state index in [0.717, 1.165) is 27.8 Å². The van der Waals surface area contributed by atoms with Crippen LogP contribution in [0.4, 0.5) is 0 Å². The highest BCUT2D eigenvalue weighted by molar-refractivity contribution is 7.09. The zero-order valence-electron chi connectivity index (χ0n) is 11.8. The van der Waals surface area contributed by atoms with Crippen LogP contribution in [0, 0.1) is 6.92 Å². The number of ether oxygens (including phenoxy) is 2. The molecule has 20 heavy (non-hydrogen) atoms. The minimum absolute atomic E-state index is 0.119. The average Bonchev–Trinajstić information content (AvgIpc) is 2.89. The van der Waals surface area contributed by atoms with E-state index >= 15 is 0 Å². The Labute approximate surface area is 122 Å². The lowest BCUT2D eigenvalue weighted by molar-refractivity contribution is 0.370. The first-order valence-electron chi connectivity index (χ1n) is 6.27. The van der Waals surface area contributed by atoms with Crippen LogP contribution >= 0.6 is 11.3 Å². The Balaban J connectivity index is 2.35. The maximum Gasteiger partial charge on any atom is 0.127 e. The molecule has 1 aromatic heterocycles. The second-order valence-electron chi connectivity index (χ2n) is 4.38. The summed E-state index contributed by atoms with van der Waals surface area (Å²) in [6.45, 7) is 1.98. The fourth-order valence-corrected chi connectivity index (χ4v) is 2.96. The number of hydrogen-bond donors (Lipinski definition) is 2. The molecule has 0 aliphatic heterocycles. The Kier molecular flexibility index (Phi) is 4.94. The number of hydrazine groups is 1. The normalized spacial score (nSPS) is 12.2. The number of nitrogens with zero attached hydrogens (tertiary/aromatic N) is 1. The summed E-state index contributed by atoms with van der Waals surface area (Å²) in [5.41, 5.74) is 4.76. The maximum absolute atomic E-state index is 5.72. The van der Waals surface area contributed by atoms with Gasteiger partial charge in [-0.05, 0) is 19.1 Å². The van der Waals surface area contributed by atoms with Crippen LogP contribution in [0.3, 0.4) is 0 Å². The molecule has 0 aliphatic carbocycles. The molecule has 1 unspecified atom stereocenters. The van der Waals surface area contributed by atoms with Gasteiger partial charge in [-0.25, -0.2) is 4.98 Å². The molecule has 3 N–H and O–H groups in total. The van der Waals surface area contributed by atoms with E-state index in [1.165, 1.54) is 0 Å². The maximum atomic E-state index is 5.72. The number of benzene rings is 1. The van der Waals surface area contributed by atoms with Gasteiger partial charge < -0.3 is 9.47 Å². The predicted octanol–water partition coefficient (Wildman–Crippen LogP) is 2.22. The molecule has 0 radical (unpaired) electrons. The summed E-state index contributed by atoms with van der Waals surface area (Å²) in [6.07, 6.45) is 0.686. The number of thiazole rings is 1. The topological polar surface area (TPSA) is 69.4 Å². The molecule has 6 heteroatoms. The van der Waals surface area contributed by atoms with Crippen molar-refractivity contribution in [3.05, 3.63) is 39.8 Å². The fraction of sp³-hybridized carbons (Fsp3) is 0.357. The number of nitrogens with two attached hydrogens (primary N) is 1. The summed E-state index contributed by atoms with van der Waals surface area (Å²) in [6, 6.07) is 5.57. The van der Waals surface area contributed by atoms with Crippen molar-refractivity contribution in [3.63, 3.8) is 0 Å². The molecule has 0 aliphatic rings. The summed E-state index contributed by atoms with van der Waals surface area (Å²) in [5.74, 6) is 7.22. The number of hydrogen-bond acceptors (Lipinski definition) is 6. The molecule has 1 atom stereocenters. The number of rotatable bonds is 6. The van der Waals surface area contributed by atoms with E-state index in [1.54, 1.807) is 25.6 Å². The summed E-state index contributed by atoms with van der Waals surface area (Å²) < 4.78 is 10.8. The van der Waals surface area contributed by atoms with Crippen molar-refractivity contribution >= 4 is 11.3 Å². The monoisotopic (exact) mass is 293 g/mol. The highest BCUT2D eigenvalue weighted by Gasteiger charge is 2.21. The van der Waals surface area contributed by atoms with Gasteiger partial charge in [0.2, 0.25) is 0 Å². The molecule has 2 rings (SSSR count). The minimum Gasteiger partial charge on any atom is -0.496 e. The van der Waals surface area contributed by atoms with Crippen LogP contribution in [0.15, 0.2) is 23.6 Å². The van der Waals surface area contributed by atoms with Crippen LogP contribution < -0.4 is 20.7 Å². The Morgan fingerprint density at radius 2 is 1.95 bits per heavy atom. The highest BCUT2D eigenvalue weighted by atomic mass is 32.1. The first kappa shape index (κ1) is 14.8. The van der Waals surface area contributed by atoms with E-state index in [9.17, 15) is 0 Å². The number of methoxy groups -OCH3 is 2. The molecule has 0 spiro atoms. The van der Waals surface area contributed by atoms with Crippen LogP contribution in [-0.4, -0.2) is 19.2 Å². The molecule has 0 amide bonds. The van der Waals surface area contributed by atoms with Crippen LogP contribution in [0.2, 0.25) is 0 Å². The second kappa shape index (κ2) is 6.69. The number of nitrogens with one attached hydrogen (secondary N) is 1. The van der Waals surface area contributed by atoms with E-state index < -0.39 is 0 Å². The van der Waals surface area contributed by atoms with Gasteiger partial charge in [-0.1, -0.05) is 6.07 Å². The van der Waals surface area contributed by atoms with Gasteiger partial charge in [0.25, 0.3) is 0 Å². The van der Waals surface area contributed by atoms with Gasteiger partial charge >= 0.3 is 0 Å². The van der Waals surface area contributed by atoms with Gasteiger partial charge in [-0.2, -0.15) is 0 Å². The van der Waals surface area contributed by atoms with E-state index in [0.29, 0.717) is 6.42 Å². The summed E-state index contributed by atoms with van der Waals surface area (Å²) in [4.78, 5) is 4.48. The van der Waals surface area contributed by atoms with Crippen LogP contribution in [-0.2, 0) is 6.42 Å². The molecule has 0 saturated heterocycles. The molecule has 5 nitrogen and oxygen atoms in total. The summed E-state index contributed by atoms with van der Waals surface area (Å²) in [7, 11) is 3.28. The van der Waals surface area contributed by atoms with Gasteiger partial charge in [-0.15, -0.1) is 11.3 Å². The first-order chi connectivity index (χ1) is 9.69. The lowest BCUT2D eigenvalue weighted by Gasteiger charge is -2.20. The largest absolute Gasteiger partial charge is 0.496 e. The predicted molar refractivity (Wildman–Crippen MR) is 80.2 cm³/mol. The second-order valence-corrected chi connectivity index (χ2v) is 5.32. The third kappa shape index (κ3) is 3.09. The van der Waals surface area contributed by atoms with Crippen molar-refractivity contribution in [3.8, 4) is 11.5 Å². The van der Waals surface area contributed by atoms with Crippen molar-refractivity contribution in [1.29, 1.82) is 0 Å². The first-order valence-corrected chi connectivity index (χ1v) is 7.15. The summed E-state index contributed by atoms with van der Waals surface area (Å²) >= 11 is 1.63. The van der Waals surface area contributed by atoms with Crippen molar-refractivity contribution < 1.29 is 9.47 Å². The van der Waals surface area contributed by atoms with Crippen LogP contribution in [0.25, 0.3) is 0 Å². The number of aromatic nitrogens is 1. The number of aryl methyl sites for hydroxylation is 1. The van der Waals surface area contributed by atoms with Crippen molar-refractivity contribution in [1.82, 2.24) is 10.4 Å². The average molecular weight is 293 g/mol. The van der Waals surface area contributed by atoms with E-state index in [2.05, 4.69) is 10.4 Å². The molecule has 0 saturated carbocycles. The van der Waals surface area contributed by atoms with E-state index in [4.69, 9.17) is 15.3 Å². The quantitative estimate of drug-likeness (QED) is 0.631. The molecular weight excluding hydrogens is 274 g/mol. The fourth-order valence-electron chi connectivity index (χ4n) is 2.14. The minimum atomic E-state index is -0.119. The molecule has 2 aromatic rings. The third-order valence-corrected chi connectivity index (χ3v) is 4.05. The van der Waals surface area contributed by atoms with Gasteiger partial charge in [0, 0.05) is 17.5 Å². The van der Waals surface area contributed by atoms with Crippen LogP contribution in [0.5, 0.6) is 11.5 Å². The van der Waals surface area contributed by atoms with Gasteiger partial charge in [0.15, 0.2) is 0 Å². The van der Waals surface area contributed by atoms with Crippen LogP contribution in [0.1, 0.15) is 22.3 Å². The molecule has 0 fully saturated rings. The Morgan fingerprint density at radius 3 is 2.40 bits per heavy atom. The van der Waals surface area contributed by atoms with E-state index in [-0.39, 0.29) is 6.04 Å². The van der Waals surface area contributed by atoms with Gasteiger partial charge in [0.05, 0.1) is 30.8 Å². The molecule has 108 valence electrons. The summed E-state index contributed by atoms with van der Waals surface area (Å²) in [5, 5.41) is 3.06. The smallest absolute Gasteiger partial charge is 0.127 e. The van der Waals surface area contributed by atoms with Gasteiger partial charge in [-0.3, -0.25) is 11.3 Å².